The highest BCUT2D eigenvalue weighted by Gasteiger charge is 2.43. The van der Waals surface area contributed by atoms with Crippen molar-refractivity contribution in [2.45, 2.75) is 31.0 Å². The molecule has 108 valence electrons. The summed E-state index contributed by atoms with van der Waals surface area (Å²) in [5.41, 5.74) is 1.08. The maximum atomic E-state index is 12.5. The summed E-state index contributed by atoms with van der Waals surface area (Å²) in [5.74, 6) is -0.600. The van der Waals surface area contributed by atoms with Gasteiger partial charge in [-0.25, -0.2) is 0 Å². The third-order valence-electron chi connectivity index (χ3n) is 2.82. The van der Waals surface area contributed by atoms with Crippen LogP contribution in [-0.4, -0.2) is 24.9 Å². The molecule has 1 aromatic carbocycles. The van der Waals surface area contributed by atoms with Crippen LogP contribution in [-0.2, 0) is 20.2 Å². The van der Waals surface area contributed by atoms with Crippen molar-refractivity contribution in [3.8, 4) is 0 Å². The van der Waals surface area contributed by atoms with Gasteiger partial charge in [0.25, 0.3) is 0 Å². The Morgan fingerprint density at radius 1 is 1.26 bits per heavy atom. The molecule has 0 aliphatic rings. The maximum absolute atomic E-state index is 12.5. The first-order valence-corrected chi connectivity index (χ1v) is 8.00. The average Bonchev–Trinajstić information content (AvgIpc) is 2.38. The van der Waals surface area contributed by atoms with Crippen molar-refractivity contribution in [2.24, 2.45) is 0 Å². The number of benzene rings is 1. The zero-order valence-corrected chi connectivity index (χ0v) is 13.4. The summed E-state index contributed by atoms with van der Waals surface area (Å²) in [6.07, 6.45) is 0. The molecule has 0 radical (unpaired) electrons. The Morgan fingerprint density at radius 2 is 1.79 bits per heavy atom. The third kappa shape index (κ3) is 4.59. The first-order valence-electron chi connectivity index (χ1n) is 6.01. The van der Waals surface area contributed by atoms with Crippen molar-refractivity contribution in [1.29, 1.82) is 0 Å². The van der Waals surface area contributed by atoms with Crippen molar-refractivity contribution >= 4 is 19.2 Å². The number of alkyl halides is 1. The minimum Gasteiger partial charge on any atom is -0.311 e. The molecule has 19 heavy (non-hydrogen) atoms. The molecule has 1 aromatic rings. The molecule has 4 nitrogen and oxygen atoms in total. The second-order valence-corrected chi connectivity index (χ2v) is 8.04. The molecule has 0 aliphatic heterocycles. The summed E-state index contributed by atoms with van der Waals surface area (Å²) in [5, 5.41) is 3.17. The standard InChI is InChI=1S/C13H21ClNO3P/c1-13(2,14)12(19(16,17-3)18-4)15-10-11-8-6-5-7-9-11/h5-9,12,15H,10H2,1-4H3. The minimum absolute atomic E-state index is 0.540. The van der Waals surface area contributed by atoms with Gasteiger partial charge >= 0.3 is 7.60 Å². The predicted octanol–water partition coefficient (Wildman–Crippen LogP) is 3.61. The van der Waals surface area contributed by atoms with Gasteiger partial charge in [-0.15, -0.1) is 11.6 Å². The van der Waals surface area contributed by atoms with Crippen molar-refractivity contribution < 1.29 is 13.6 Å². The lowest BCUT2D eigenvalue weighted by Crippen LogP contribution is -2.43. The smallest absolute Gasteiger partial charge is 0.311 e. The molecule has 0 fully saturated rings. The zero-order valence-electron chi connectivity index (χ0n) is 11.7. The average molecular weight is 306 g/mol. The van der Waals surface area contributed by atoms with E-state index in [2.05, 4.69) is 5.32 Å². The molecule has 0 saturated carbocycles. The first-order chi connectivity index (χ1) is 8.83. The van der Waals surface area contributed by atoms with Crippen LogP contribution in [0.5, 0.6) is 0 Å². The van der Waals surface area contributed by atoms with E-state index in [-0.39, 0.29) is 0 Å². The van der Waals surface area contributed by atoms with Crippen LogP contribution in [0.15, 0.2) is 30.3 Å². The van der Waals surface area contributed by atoms with Crippen LogP contribution < -0.4 is 5.32 Å². The number of nitrogens with one attached hydrogen (secondary N) is 1. The molecule has 0 aromatic heterocycles. The zero-order chi connectivity index (χ0) is 14.5. The Hall–Kier alpha value is -0.380. The van der Waals surface area contributed by atoms with E-state index in [9.17, 15) is 4.57 Å². The summed E-state index contributed by atoms with van der Waals surface area (Å²) in [7, 11) is -0.562. The van der Waals surface area contributed by atoms with E-state index in [1.54, 1.807) is 13.8 Å². The van der Waals surface area contributed by atoms with E-state index in [0.717, 1.165) is 5.56 Å². The molecule has 0 spiro atoms. The lowest BCUT2D eigenvalue weighted by molar-refractivity contribution is 0.250. The lowest BCUT2D eigenvalue weighted by atomic mass is 10.2. The largest absolute Gasteiger partial charge is 0.348 e. The van der Waals surface area contributed by atoms with Gasteiger partial charge in [0.2, 0.25) is 0 Å². The van der Waals surface area contributed by atoms with Crippen LogP contribution in [0, 0.1) is 0 Å². The number of halogens is 1. The van der Waals surface area contributed by atoms with Gasteiger partial charge in [-0.2, -0.15) is 0 Å². The highest BCUT2D eigenvalue weighted by molar-refractivity contribution is 7.54. The first kappa shape index (κ1) is 16.7. The summed E-state index contributed by atoms with van der Waals surface area (Å²) in [4.78, 5) is -0.768. The highest BCUT2D eigenvalue weighted by Crippen LogP contribution is 2.55. The summed E-state index contributed by atoms with van der Waals surface area (Å²) in [6.45, 7) is 4.10. The lowest BCUT2D eigenvalue weighted by Gasteiger charge is -2.33. The normalized spacial score (nSPS) is 14.4. The van der Waals surface area contributed by atoms with E-state index in [4.69, 9.17) is 20.6 Å². The van der Waals surface area contributed by atoms with Gasteiger partial charge in [0.05, 0.1) is 4.87 Å². The summed E-state index contributed by atoms with van der Waals surface area (Å²) < 4.78 is 22.6. The van der Waals surface area contributed by atoms with Gasteiger partial charge in [-0.05, 0) is 19.4 Å². The minimum atomic E-state index is -3.29. The van der Waals surface area contributed by atoms with Gasteiger partial charge in [0, 0.05) is 20.8 Å². The van der Waals surface area contributed by atoms with Gasteiger partial charge in [-0.1, -0.05) is 30.3 Å². The molecule has 1 unspecified atom stereocenters. The predicted molar refractivity (Wildman–Crippen MR) is 78.6 cm³/mol. The highest BCUT2D eigenvalue weighted by atomic mass is 35.5. The second kappa shape index (κ2) is 6.87. The second-order valence-electron chi connectivity index (χ2n) is 4.74. The Labute approximate surface area is 120 Å². The molecule has 0 heterocycles. The Kier molecular flexibility index (Phi) is 6.03. The third-order valence-corrected chi connectivity index (χ3v) is 5.67. The van der Waals surface area contributed by atoms with E-state index in [1.165, 1.54) is 14.2 Å². The Bertz CT molecular complexity index is 425. The maximum Gasteiger partial charge on any atom is 0.348 e. The van der Waals surface area contributed by atoms with Crippen molar-refractivity contribution in [1.82, 2.24) is 5.32 Å². The van der Waals surface area contributed by atoms with Crippen LogP contribution in [0.4, 0.5) is 0 Å². The number of rotatable bonds is 7. The molecule has 6 heteroatoms. The van der Waals surface area contributed by atoms with Gasteiger partial charge in [0.15, 0.2) is 0 Å². The fraction of sp³-hybridized carbons (Fsp3) is 0.538. The molecule has 1 atom stereocenters. The van der Waals surface area contributed by atoms with Crippen LogP contribution in [0.1, 0.15) is 19.4 Å². The van der Waals surface area contributed by atoms with E-state index in [1.807, 2.05) is 30.3 Å². The molecule has 0 aliphatic carbocycles. The van der Waals surface area contributed by atoms with Gasteiger partial charge in [-0.3, -0.25) is 9.88 Å². The molecule has 1 rings (SSSR count). The van der Waals surface area contributed by atoms with E-state index >= 15 is 0 Å². The van der Waals surface area contributed by atoms with Crippen molar-refractivity contribution in [2.75, 3.05) is 14.2 Å². The fourth-order valence-corrected chi connectivity index (χ4v) is 3.90. The Morgan fingerprint density at radius 3 is 2.21 bits per heavy atom. The fourth-order valence-electron chi connectivity index (χ4n) is 1.83. The topological polar surface area (TPSA) is 47.6 Å². The van der Waals surface area contributed by atoms with Crippen molar-refractivity contribution in [3.63, 3.8) is 0 Å². The summed E-state index contributed by atoms with van der Waals surface area (Å²) >= 11 is 6.31. The van der Waals surface area contributed by atoms with Gasteiger partial charge < -0.3 is 9.05 Å². The van der Waals surface area contributed by atoms with Crippen LogP contribution >= 0.6 is 19.2 Å². The molecule has 0 bridgehead atoms. The Balaban J connectivity index is 2.86. The SMILES string of the molecule is COP(=O)(OC)C(NCc1ccccc1)C(C)(C)Cl. The van der Waals surface area contributed by atoms with E-state index < -0.39 is 18.3 Å². The molecule has 0 saturated heterocycles. The molecule has 1 N–H and O–H groups in total. The van der Waals surface area contributed by atoms with Crippen molar-refractivity contribution in [3.05, 3.63) is 35.9 Å². The van der Waals surface area contributed by atoms with Crippen LogP contribution in [0.25, 0.3) is 0 Å². The van der Waals surface area contributed by atoms with E-state index in [0.29, 0.717) is 6.54 Å². The van der Waals surface area contributed by atoms with Gasteiger partial charge in [0.1, 0.15) is 5.78 Å². The molecular formula is C13H21ClNO3P. The van der Waals surface area contributed by atoms with Crippen LogP contribution in [0.3, 0.4) is 0 Å². The number of hydrogen-bond donors (Lipinski definition) is 1. The van der Waals surface area contributed by atoms with Crippen LogP contribution in [0.2, 0.25) is 0 Å². The summed E-state index contributed by atoms with van der Waals surface area (Å²) in [6, 6.07) is 9.81. The monoisotopic (exact) mass is 305 g/mol. The quantitative estimate of drug-likeness (QED) is 0.617. The molecule has 0 amide bonds. The molecular weight excluding hydrogens is 285 g/mol. The number of hydrogen-bond acceptors (Lipinski definition) is 4.